The van der Waals surface area contributed by atoms with Crippen molar-refractivity contribution in [1.29, 1.82) is 0 Å². The van der Waals surface area contributed by atoms with Crippen LogP contribution < -0.4 is 4.74 Å². The van der Waals surface area contributed by atoms with Crippen molar-refractivity contribution in [3.05, 3.63) is 41.7 Å². The predicted molar refractivity (Wildman–Crippen MR) is 112 cm³/mol. The molecule has 0 spiro atoms. The highest BCUT2D eigenvalue weighted by molar-refractivity contribution is 5.59. The molecule has 3 rings (SSSR count). The van der Waals surface area contributed by atoms with Gasteiger partial charge in [-0.25, -0.2) is 4.39 Å². The average molecular weight is 385 g/mol. The van der Waals surface area contributed by atoms with Crippen molar-refractivity contribution in [2.75, 3.05) is 7.11 Å². The van der Waals surface area contributed by atoms with E-state index in [1.165, 1.54) is 51.4 Å². The monoisotopic (exact) mass is 384 g/mol. The summed E-state index contributed by atoms with van der Waals surface area (Å²) < 4.78 is 19.6. The van der Waals surface area contributed by atoms with Gasteiger partial charge in [0, 0.05) is 11.6 Å². The van der Waals surface area contributed by atoms with Crippen LogP contribution in [0.25, 0.3) is 11.3 Å². The number of unbranched alkanes of at least 4 members (excludes halogenated alkanes) is 2. The Morgan fingerprint density at radius 1 is 0.964 bits per heavy atom. The highest BCUT2D eigenvalue weighted by atomic mass is 19.1. The molecular formula is C24H33FN2O. The summed E-state index contributed by atoms with van der Waals surface area (Å²) in [5.74, 6) is 2.02. The Bertz CT molecular complexity index is 724. The molecule has 1 fully saturated rings. The van der Waals surface area contributed by atoms with Gasteiger partial charge in [0.15, 0.2) is 0 Å². The Morgan fingerprint density at radius 3 is 2.32 bits per heavy atom. The largest absolute Gasteiger partial charge is 0.480 e. The van der Waals surface area contributed by atoms with Gasteiger partial charge in [-0.1, -0.05) is 70.4 Å². The van der Waals surface area contributed by atoms with Crippen molar-refractivity contribution >= 4 is 0 Å². The fourth-order valence-corrected chi connectivity index (χ4v) is 4.34. The van der Waals surface area contributed by atoms with Gasteiger partial charge >= 0.3 is 0 Å². The molecule has 0 radical (unpaired) electrons. The Balaban J connectivity index is 1.49. The number of nitrogens with zero attached hydrogens (tertiary/aromatic N) is 2. The molecule has 0 unspecified atom stereocenters. The van der Waals surface area contributed by atoms with E-state index in [1.807, 2.05) is 12.1 Å². The summed E-state index contributed by atoms with van der Waals surface area (Å²) in [6.07, 6.45) is 12.8. The number of hydrogen-bond donors (Lipinski definition) is 0. The first kappa shape index (κ1) is 20.8. The van der Waals surface area contributed by atoms with E-state index in [0.717, 1.165) is 35.8 Å². The Hall–Kier alpha value is -1.97. The SMILES string of the molecule is CCCCCC1CCC(CCc2ccc(-c3ccc(OC)nn3)cc2F)CC1. The van der Waals surface area contributed by atoms with Crippen molar-refractivity contribution in [3.8, 4) is 17.1 Å². The number of benzene rings is 1. The van der Waals surface area contributed by atoms with Crippen LogP contribution in [-0.2, 0) is 6.42 Å². The maximum Gasteiger partial charge on any atom is 0.233 e. The van der Waals surface area contributed by atoms with E-state index >= 15 is 0 Å². The molecule has 0 bridgehead atoms. The number of aryl methyl sites for hydroxylation is 1. The Kier molecular flexibility index (Phi) is 7.81. The maximum absolute atomic E-state index is 14.6. The van der Waals surface area contributed by atoms with Crippen molar-refractivity contribution < 1.29 is 9.13 Å². The van der Waals surface area contributed by atoms with E-state index in [4.69, 9.17) is 4.74 Å². The molecule has 1 aliphatic rings. The Morgan fingerprint density at radius 2 is 1.71 bits per heavy atom. The van der Waals surface area contributed by atoms with Crippen LogP contribution in [0.15, 0.2) is 30.3 Å². The second kappa shape index (κ2) is 10.5. The summed E-state index contributed by atoms with van der Waals surface area (Å²) in [7, 11) is 1.55. The van der Waals surface area contributed by atoms with E-state index in [0.29, 0.717) is 11.6 Å². The molecular weight excluding hydrogens is 351 g/mol. The van der Waals surface area contributed by atoms with Gasteiger partial charge < -0.3 is 4.74 Å². The van der Waals surface area contributed by atoms with E-state index in [-0.39, 0.29) is 5.82 Å². The van der Waals surface area contributed by atoms with Crippen LogP contribution in [0.2, 0.25) is 0 Å². The molecule has 28 heavy (non-hydrogen) atoms. The summed E-state index contributed by atoms with van der Waals surface area (Å²) in [6, 6.07) is 8.98. The molecule has 2 aromatic rings. The molecule has 4 heteroatoms. The lowest BCUT2D eigenvalue weighted by molar-refractivity contribution is 0.248. The van der Waals surface area contributed by atoms with Crippen LogP contribution in [-0.4, -0.2) is 17.3 Å². The van der Waals surface area contributed by atoms with Gasteiger partial charge in [0.2, 0.25) is 5.88 Å². The minimum atomic E-state index is -0.136. The van der Waals surface area contributed by atoms with E-state index in [9.17, 15) is 4.39 Å². The lowest BCUT2D eigenvalue weighted by Gasteiger charge is -2.28. The molecule has 152 valence electrons. The number of halogens is 1. The van der Waals surface area contributed by atoms with Crippen molar-refractivity contribution in [2.45, 2.75) is 71.1 Å². The molecule has 0 aliphatic heterocycles. The topological polar surface area (TPSA) is 35.0 Å². The number of hydrogen-bond acceptors (Lipinski definition) is 3. The molecule has 1 aliphatic carbocycles. The van der Waals surface area contributed by atoms with Crippen LogP contribution in [0.5, 0.6) is 5.88 Å². The van der Waals surface area contributed by atoms with Gasteiger partial charge in [-0.05, 0) is 42.4 Å². The summed E-state index contributed by atoms with van der Waals surface area (Å²) in [4.78, 5) is 0. The average Bonchev–Trinajstić information content (AvgIpc) is 2.74. The van der Waals surface area contributed by atoms with Gasteiger partial charge in [0.05, 0.1) is 12.8 Å². The lowest BCUT2D eigenvalue weighted by Crippen LogP contribution is -2.15. The fourth-order valence-electron chi connectivity index (χ4n) is 4.34. The zero-order chi connectivity index (χ0) is 19.8. The third-order valence-corrected chi connectivity index (χ3v) is 6.20. The van der Waals surface area contributed by atoms with Crippen LogP contribution in [0, 0.1) is 17.7 Å². The zero-order valence-corrected chi connectivity index (χ0v) is 17.3. The van der Waals surface area contributed by atoms with Gasteiger partial charge in [-0.3, -0.25) is 0 Å². The first-order valence-electron chi connectivity index (χ1n) is 10.9. The zero-order valence-electron chi connectivity index (χ0n) is 17.3. The normalized spacial score (nSPS) is 19.5. The molecule has 0 atom stereocenters. The molecule has 0 N–H and O–H groups in total. The van der Waals surface area contributed by atoms with E-state index in [1.54, 1.807) is 25.3 Å². The molecule has 1 heterocycles. The fraction of sp³-hybridized carbons (Fsp3) is 0.583. The van der Waals surface area contributed by atoms with Gasteiger partial charge in [-0.15, -0.1) is 10.2 Å². The first-order chi connectivity index (χ1) is 13.7. The third kappa shape index (κ3) is 5.76. The van der Waals surface area contributed by atoms with Gasteiger partial charge in [0.25, 0.3) is 0 Å². The molecule has 3 nitrogen and oxygen atoms in total. The summed E-state index contributed by atoms with van der Waals surface area (Å²) >= 11 is 0. The minimum absolute atomic E-state index is 0.136. The highest BCUT2D eigenvalue weighted by Gasteiger charge is 2.21. The van der Waals surface area contributed by atoms with Gasteiger partial charge in [0.1, 0.15) is 5.82 Å². The quantitative estimate of drug-likeness (QED) is 0.456. The van der Waals surface area contributed by atoms with Crippen molar-refractivity contribution in [3.63, 3.8) is 0 Å². The summed E-state index contributed by atoms with van der Waals surface area (Å²) in [5.41, 5.74) is 2.23. The molecule has 0 amide bonds. The smallest absolute Gasteiger partial charge is 0.233 e. The highest BCUT2D eigenvalue weighted by Crippen LogP contribution is 2.34. The van der Waals surface area contributed by atoms with Crippen molar-refractivity contribution in [1.82, 2.24) is 10.2 Å². The van der Waals surface area contributed by atoms with E-state index in [2.05, 4.69) is 17.1 Å². The van der Waals surface area contributed by atoms with E-state index < -0.39 is 0 Å². The summed E-state index contributed by atoms with van der Waals surface area (Å²) in [6.45, 7) is 2.27. The minimum Gasteiger partial charge on any atom is -0.480 e. The Labute approximate surface area is 168 Å². The van der Waals surface area contributed by atoms with Gasteiger partial charge in [-0.2, -0.15) is 0 Å². The molecule has 1 aromatic carbocycles. The van der Waals surface area contributed by atoms with Crippen molar-refractivity contribution in [2.24, 2.45) is 11.8 Å². The molecule has 1 aromatic heterocycles. The lowest BCUT2D eigenvalue weighted by atomic mass is 9.77. The first-order valence-corrected chi connectivity index (χ1v) is 10.9. The van der Waals surface area contributed by atoms with Crippen LogP contribution in [0.1, 0.15) is 70.3 Å². The standard InChI is InChI=1S/C24H33FN2O/c1-3-4-5-6-18-7-9-19(10-8-18)11-12-20-13-14-21(17-22(20)25)23-15-16-24(28-2)27-26-23/h13-19H,3-12H2,1-2H3. The molecule has 1 saturated carbocycles. The predicted octanol–water partition coefficient (Wildman–Crippen LogP) is 6.61. The molecule has 0 saturated heterocycles. The van der Waals surface area contributed by atoms with Crippen LogP contribution >= 0.6 is 0 Å². The number of ether oxygens (including phenoxy) is 1. The van der Waals surface area contributed by atoms with Crippen LogP contribution in [0.3, 0.4) is 0 Å². The third-order valence-electron chi connectivity index (χ3n) is 6.20. The van der Waals surface area contributed by atoms with Crippen LogP contribution in [0.4, 0.5) is 4.39 Å². The second-order valence-electron chi connectivity index (χ2n) is 8.19. The second-order valence-corrected chi connectivity index (χ2v) is 8.19. The number of aromatic nitrogens is 2. The number of rotatable bonds is 9. The maximum atomic E-state index is 14.6. The number of methoxy groups -OCH3 is 1. The summed E-state index contributed by atoms with van der Waals surface area (Å²) in [5, 5.41) is 8.06.